The van der Waals surface area contributed by atoms with Crippen molar-refractivity contribution in [1.82, 2.24) is 0 Å². The van der Waals surface area contributed by atoms with Crippen molar-refractivity contribution >= 4 is 5.78 Å². The van der Waals surface area contributed by atoms with Crippen LogP contribution in [0.1, 0.15) is 37.6 Å². The molecule has 3 N–H and O–H groups in total. The number of aromatic hydroxyl groups is 3. The van der Waals surface area contributed by atoms with E-state index in [1.54, 1.807) is 0 Å². The lowest BCUT2D eigenvalue weighted by atomic mass is 10.1. The minimum absolute atomic E-state index is 0.173. The predicted octanol–water partition coefficient (Wildman–Crippen LogP) is 3.35. The van der Waals surface area contributed by atoms with Crippen molar-refractivity contribution in [3.05, 3.63) is 28.1 Å². The average Bonchev–Trinajstić information content (AvgIpc) is 2.27. The molecule has 0 aliphatic rings. The second kappa shape index (κ2) is 8.66. The molecule has 0 saturated carbocycles. The zero-order chi connectivity index (χ0) is 15.7. The zero-order valence-corrected chi connectivity index (χ0v) is 11.7. The minimum Gasteiger partial charge on any atom is -0.508 e. The van der Waals surface area contributed by atoms with E-state index in [0.717, 1.165) is 18.6 Å². The quantitative estimate of drug-likeness (QED) is 0.338. The van der Waals surface area contributed by atoms with Gasteiger partial charge < -0.3 is 15.3 Å². The normalized spacial score (nSPS) is 9.40. The van der Waals surface area contributed by atoms with Crippen LogP contribution in [0.4, 0.5) is 0 Å². The smallest absolute Gasteiger partial charge is 0.167 e. The summed E-state index contributed by atoms with van der Waals surface area (Å²) in [5.74, 6) is -0.930. The van der Waals surface area contributed by atoms with Crippen LogP contribution >= 0.6 is 0 Å². The van der Waals surface area contributed by atoms with Crippen molar-refractivity contribution < 1.29 is 20.1 Å². The maximum absolute atomic E-state index is 10.8. The maximum Gasteiger partial charge on any atom is 0.167 e. The molecule has 0 aliphatic heterocycles. The molecule has 0 atom stereocenters. The van der Waals surface area contributed by atoms with Crippen molar-refractivity contribution in [3.8, 4) is 17.2 Å². The largest absolute Gasteiger partial charge is 0.508 e. The Balaban J connectivity index is 0.000000396. The third-order valence-corrected chi connectivity index (χ3v) is 2.30. The molecule has 20 heavy (non-hydrogen) atoms. The van der Waals surface area contributed by atoms with E-state index in [1.807, 2.05) is 0 Å². The molecule has 0 unspecified atom stereocenters. The zero-order valence-electron chi connectivity index (χ0n) is 11.7. The van der Waals surface area contributed by atoms with Gasteiger partial charge in [-0.1, -0.05) is 19.0 Å². The molecule has 7 heteroatoms. The fourth-order valence-electron chi connectivity index (χ4n) is 1.32. The maximum atomic E-state index is 10.8. The molecular weight excluding hydrogens is 262 g/mol. The van der Waals surface area contributed by atoms with Crippen molar-refractivity contribution in [3.63, 3.8) is 0 Å². The molecular formula is C13H19N3O4. The summed E-state index contributed by atoms with van der Waals surface area (Å²) in [5.41, 5.74) is 7.66. The Labute approximate surface area is 117 Å². The van der Waals surface area contributed by atoms with Gasteiger partial charge in [-0.05, 0) is 24.8 Å². The SMILES string of the molecule is CC(=O)c1c(O)cc(O)cc1O.CC(C)CCN=[N+]=[N-]. The van der Waals surface area contributed by atoms with Crippen LogP contribution < -0.4 is 0 Å². The highest BCUT2D eigenvalue weighted by molar-refractivity contribution is 5.99. The Kier molecular flexibility index (Phi) is 7.62. The standard InChI is InChI=1S/C8H8O4.C5H11N3/c1-4(9)8-6(11)2-5(10)3-7(8)12;1-5(2)3-4-7-8-6/h2-3,10-12H,1H3;5H,3-4H2,1-2H3. The van der Waals surface area contributed by atoms with E-state index in [0.29, 0.717) is 12.5 Å². The molecule has 7 nitrogen and oxygen atoms in total. The molecule has 0 aromatic heterocycles. The highest BCUT2D eigenvalue weighted by atomic mass is 16.3. The summed E-state index contributed by atoms with van der Waals surface area (Å²) in [7, 11) is 0. The van der Waals surface area contributed by atoms with Gasteiger partial charge in [0.2, 0.25) is 0 Å². The van der Waals surface area contributed by atoms with Crippen LogP contribution in [-0.2, 0) is 0 Å². The van der Waals surface area contributed by atoms with Crippen molar-refractivity contribution in [2.45, 2.75) is 27.2 Å². The highest BCUT2D eigenvalue weighted by Crippen LogP contribution is 2.31. The number of Topliss-reactive ketones (excluding diaryl/α,β-unsaturated/α-hetero) is 1. The van der Waals surface area contributed by atoms with E-state index in [2.05, 4.69) is 23.9 Å². The lowest BCUT2D eigenvalue weighted by molar-refractivity contribution is 0.101. The van der Waals surface area contributed by atoms with E-state index in [9.17, 15) is 4.79 Å². The van der Waals surface area contributed by atoms with Gasteiger partial charge in [-0.25, -0.2) is 0 Å². The molecule has 110 valence electrons. The molecule has 0 spiro atoms. The first-order valence-corrected chi connectivity index (χ1v) is 6.06. The van der Waals surface area contributed by atoms with Crippen molar-refractivity contribution in [2.24, 2.45) is 11.0 Å². The average molecular weight is 281 g/mol. The van der Waals surface area contributed by atoms with E-state index < -0.39 is 17.3 Å². The van der Waals surface area contributed by atoms with Crippen LogP contribution in [0.25, 0.3) is 10.4 Å². The predicted molar refractivity (Wildman–Crippen MR) is 74.9 cm³/mol. The number of hydrogen-bond acceptors (Lipinski definition) is 5. The summed E-state index contributed by atoms with van der Waals surface area (Å²) in [4.78, 5) is 13.4. The number of azide groups is 1. The topological polar surface area (TPSA) is 127 Å². The van der Waals surface area contributed by atoms with Gasteiger partial charge in [0.1, 0.15) is 22.8 Å². The molecule has 1 aromatic rings. The second-order valence-electron chi connectivity index (χ2n) is 4.55. The number of hydrogen-bond donors (Lipinski definition) is 3. The van der Waals surface area contributed by atoms with Gasteiger partial charge in [-0.2, -0.15) is 0 Å². The molecule has 0 saturated heterocycles. The fourth-order valence-corrected chi connectivity index (χ4v) is 1.32. The Morgan fingerprint density at radius 2 is 1.80 bits per heavy atom. The molecule has 0 amide bonds. The number of phenolic OH excluding ortho intramolecular Hbond substituents is 3. The van der Waals surface area contributed by atoms with Gasteiger partial charge >= 0.3 is 0 Å². The Morgan fingerprint density at radius 1 is 1.30 bits per heavy atom. The molecule has 1 rings (SSSR count). The third-order valence-electron chi connectivity index (χ3n) is 2.30. The van der Waals surface area contributed by atoms with E-state index >= 15 is 0 Å². The molecule has 0 fully saturated rings. The van der Waals surface area contributed by atoms with Gasteiger partial charge in [-0.3, -0.25) is 4.79 Å². The fraction of sp³-hybridized carbons (Fsp3) is 0.462. The van der Waals surface area contributed by atoms with Crippen LogP contribution in [0, 0.1) is 5.92 Å². The van der Waals surface area contributed by atoms with E-state index in [1.165, 1.54) is 6.92 Å². The number of benzene rings is 1. The van der Waals surface area contributed by atoms with E-state index in [4.69, 9.17) is 20.9 Å². The summed E-state index contributed by atoms with van der Waals surface area (Å²) in [5, 5.41) is 30.5. The summed E-state index contributed by atoms with van der Waals surface area (Å²) in [6.45, 7) is 6.06. The summed E-state index contributed by atoms with van der Waals surface area (Å²) < 4.78 is 0. The molecule has 0 bridgehead atoms. The van der Waals surface area contributed by atoms with Gasteiger partial charge in [0.05, 0.1) is 0 Å². The van der Waals surface area contributed by atoms with Crippen LogP contribution in [0.2, 0.25) is 0 Å². The number of nitrogens with zero attached hydrogens (tertiary/aromatic N) is 3. The molecule has 1 aromatic carbocycles. The van der Waals surface area contributed by atoms with Gasteiger partial charge in [0.25, 0.3) is 0 Å². The van der Waals surface area contributed by atoms with Crippen LogP contribution in [0.5, 0.6) is 17.2 Å². The molecule has 0 aliphatic carbocycles. The number of ketones is 1. The first-order valence-electron chi connectivity index (χ1n) is 6.06. The van der Waals surface area contributed by atoms with Crippen LogP contribution in [0.3, 0.4) is 0 Å². The van der Waals surface area contributed by atoms with Crippen molar-refractivity contribution in [1.29, 1.82) is 0 Å². The number of phenols is 3. The summed E-state index contributed by atoms with van der Waals surface area (Å²) in [6, 6.07) is 1.99. The summed E-state index contributed by atoms with van der Waals surface area (Å²) in [6.07, 6.45) is 0.990. The minimum atomic E-state index is -0.454. The number of carbonyl (C=O) groups excluding carboxylic acids is 1. The van der Waals surface area contributed by atoms with Crippen LogP contribution in [0.15, 0.2) is 17.2 Å². The Bertz CT molecular complexity index is 485. The summed E-state index contributed by atoms with van der Waals surface area (Å²) >= 11 is 0. The Hall–Kier alpha value is -2.40. The lowest BCUT2D eigenvalue weighted by Crippen LogP contribution is -1.92. The monoisotopic (exact) mass is 281 g/mol. The van der Waals surface area contributed by atoms with Gasteiger partial charge in [0, 0.05) is 23.6 Å². The van der Waals surface area contributed by atoms with Crippen LogP contribution in [-0.4, -0.2) is 27.6 Å². The highest BCUT2D eigenvalue weighted by Gasteiger charge is 2.13. The lowest BCUT2D eigenvalue weighted by Gasteiger charge is -2.03. The Morgan fingerprint density at radius 3 is 2.15 bits per heavy atom. The number of rotatable bonds is 4. The third kappa shape index (κ3) is 6.51. The van der Waals surface area contributed by atoms with Gasteiger partial charge in [0.15, 0.2) is 5.78 Å². The van der Waals surface area contributed by atoms with E-state index in [-0.39, 0.29) is 11.3 Å². The first kappa shape index (κ1) is 17.6. The van der Waals surface area contributed by atoms with Gasteiger partial charge in [-0.15, -0.1) is 0 Å². The number of carbonyl (C=O) groups is 1. The van der Waals surface area contributed by atoms with Crippen molar-refractivity contribution in [2.75, 3.05) is 6.54 Å². The second-order valence-corrected chi connectivity index (χ2v) is 4.55. The molecule has 0 radical (unpaired) electrons. The first-order chi connectivity index (χ1) is 9.29. The molecule has 0 heterocycles.